The Kier molecular flexibility index (Phi) is 5.17. The highest BCUT2D eigenvalue weighted by Gasteiger charge is 2.51. The highest BCUT2D eigenvalue weighted by molar-refractivity contribution is 6.06. The van der Waals surface area contributed by atoms with Gasteiger partial charge in [0.2, 0.25) is 0 Å². The lowest BCUT2D eigenvalue weighted by atomic mass is 9.83. The summed E-state index contributed by atoms with van der Waals surface area (Å²) in [4.78, 5) is 10.4. The molecule has 2 aliphatic heterocycles. The van der Waals surface area contributed by atoms with E-state index in [2.05, 4.69) is 0 Å². The first-order valence-corrected chi connectivity index (χ1v) is 11.8. The van der Waals surface area contributed by atoms with E-state index in [0.717, 1.165) is 49.7 Å². The molecule has 5 aliphatic rings. The highest BCUT2D eigenvalue weighted by Crippen LogP contribution is 2.46. The van der Waals surface area contributed by atoms with Crippen LogP contribution in [0.1, 0.15) is 89.9 Å². The number of hydrogen-bond acceptors (Lipinski definition) is 4. The fourth-order valence-electron chi connectivity index (χ4n) is 6.32. The van der Waals surface area contributed by atoms with Crippen LogP contribution in [0.3, 0.4) is 0 Å². The van der Waals surface area contributed by atoms with Gasteiger partial charge in [-0.2, -0.15) is 0 Å². The van der Waals surface area contributed by atoms with Crippen molar-refractivity contribution < 1.29 is 9.47 Å². The number of nitrogens with zero attached hydrogens (tertiary/aromatic N) is 2. The first-order valence-electron chi connectivity index (χ1n) is 11.8. The molecular formula is C23H36N2O2. The van der Waals surface area contributed by atoms with Gasteiger partial charge in [-0.3, -0.25) is 0 Å². The fourth-order valence-corrected chi connectivity index (χ4v) is 6.32. The van der Waals surface area contributed by atoms with Gasteiger partial charge in [0.1, 0.15) is 18.6 Å². The van der Waals surface area contributed by atoms with Gasteiger partial charge >= 0.3 is 0 Å². The zero-order chi connectivity index (χ0) is 18.1. The quantitative estimate of drug-likeness (QED) is 0.672. The molecule has 2 atom stereocenters. The van der Waals surface area contributed by atoms with Crippen molar-refractivity contribution in [3.05, 3.63) is 0 Å². The Hall–Kier alpha value is -1.06. The van der Waals surface area contributed by atoms with Gasteiger partial charge in [-0.15, -0.1) is 0 Å². The molecule has 3 aliphatic carbocycles. The van der Waals surface area contributed by atoms with Gasteiger partial charge in [0.25, 0.3) is 0 Å². The minimum absolute atomic E-state index is 0.132. The van der Waals surface area contributed by atoms with Gasteiger partial charge in [0, 0.05) is 0 Å². The van der Waals surface area contributed by atoms with E-state index in [-0.39, 0.29) is 5.41 Å². The molecule has 3 saturated carbocycles. The van der Waals surface area contributed by atoms with E-state index in [0.29, 0.717) is 12.1 Å². The minimum Gasteiger partial charge on any atom is -0.478 e. The van der Waals surface area contributed by atoms with E-state index in [1.165, 1.54) is 77.0 Å². The molecule has 0 bridgehead atoms. The number of rotatable bonds is 4. The summed E-state index contributed by atoms with van der Waals surface area (Å²) < 4.78 is 12.6. The zero-order valence-corrected chi connectivity index (χ0v) is 16.8. The molecule has 0 unspecified atom stereocenters. The molecule has 27 heavy (non-hydrogen) atoms. The maximum Gasteiger partial charge on any atom is 0.199 e. The van der Waals surface area contributed by atoms with Crippen LogP contribution < -0.4 is 0 Å². The van der Waals surface area contributed by atoms with Crippen molar-refractivity contribution in [3.8, 4) is 0 Å². The molecule has 0 amide bonds. The van der Waals surface area contributed by atoms with Crippen LogP contribution in [0.2, 0.25) is 0 Å². The average molecular weight is 373 g/mol. The smallest absolute Gasteiger partial charge is 0.199 e. The SMILES string of the molecule is C1CCC([C@@H]2COC(C3(C4=N[C@H](C5CCCCC5)CO4)CCCC3)=N2)CC1. The van der Waals surface area contributed by atoms with Crippen molar-refractivity contribution in [3.63, 3.8) is 0 Å². The van der Waals surface area contributed by atoms with E-state index < -0.39 is 0 Å². The lowest BCUT2D eigenvalue weighted by molar-refractivity contribution is 0.214. The van der Waals surface area contributed by atoms with Crippen LogP contribution in [0.25, 0.3) is 0 Å². The minimum atomic E-state index is -0.132. The molecule has 0 spiro atoms. The van der Waals surface area contributed by atoms with Crippen LogP contribution in [0.4, 0.5) is 0 Å². The van der Waals surface area contributed by atoms with Crippen LogP contribution in [0.15, 0.2) is 9.98 Å². The molecular weight excluding hydrogens is 336 g/mol. The summed E-state index contributed by atoms with van der Waals surface area (Å²) in [6, 6.07) is 0.767. The monoisotopic (exact) mass is 372 g/mol. The van der Waals surface area contributed by atoms with Crippen molar-refractivity contribution in [1.29, 1.82) is 0 Å². The van der Waals surface area contributed by atoms with Crippen molar-refractivity contribution in [1.82, 2.24) is 0 Å². The summed E-state index contributed by atoms with van der Waals surface area (Å²) in [6.45, 7) is 1.59. The average Bonchev–Trinajstić information content (AvgIpc) is 3.49. The molecule has 4 nitrogen and oxygen atoms in total. The molecule has 0 aromatic rings. The topological polar surface area (TPSA) is 43.2 Å². The van der Waals surface area contributed by atoms with Gasteiger partial charge < -0.3 is 9.47 Å². The maximum atomic E-state index is 6.29. The van der Waals surface area contributed by atoms with E-state index in [1.54, 1.807) is 0 Å². The third-order valence-electron chi connectivity index (χ3n) is 8.01. The summed E-state index contributed by atoms with van der Waals surface area (Å²) in [6.07, 6.45) is 18.3. The van der Waals surface area contributed by atoms with Crippen LogP contribution >= 0.6 is 0 Å². The number of hydrogen-bond donors (Lipinski definition) is 0. The number of aliphatic imine (C=N–C) groups is 2. The summed E-state index contributed by atoms with van der Waals surface area (Å²) >= 11 is 0. The van der Waals surface area contributed by atoms with E-state index in [4.69, 9.17) is 19.5 Å². The van der Waals surface area contributed by atoms with E-state index in [1.807, 2.05) is 0 Å². The Labute approximate surface area is 164 Å². The fraction of sp³-hybridized carbons (Fsp3) is 0.913. The highest BCUT2D eigenvalue weighted by atomic mass is 16.5. The molecule has 0 aromatic carbocycles. The van der Waals surface area contributed by atoms with Crippen molar-refractivity contribution >= 4 is 11.8 Å². The van der Waals surface area contributed by atoms with Gasteiger partial charge in [-0.25, -0.2) is 9.98 Å². The van der Waals surface area contributed by atoms with Crippen molar-refractivity contribution in [2.75, 3.05) is 13.2 Å². The van der Waals surface area contributed by atoms with Crippen molar-refractivity contribution in [2.24, 2.45) is 27.2 Å². The molecule has 4 heteroatoms. The standard InChI is InChI=1S/C23H36N2O2/c1-3-9-17(10-4-1)19-15-26-21(24-19)23(13-7-8-14-23)22-25-20(16-27-22)18-11-5-2-6-12-18/h17-20H,1-16H2/t19-,20-/m0/s1. The third-order valence-corrected chi connectivity index (χ3v) is 8.01. The molecule has 2 heterocycles. The normalized spacial score (nSPS) is 34.8. The molecule has 0 N–H and O–H groups in total. The Bertz CT molecular complexity index is 535. The largest absolute Gasteiger partial charge is 0.478 e. The summed E-state index contributed by atoms with van der Waals surface area (Å²) in [5.41, 5.74) is -0.132. The third kappa shape index (κ3) is 3.42. The van der Waals surface area contributed by atoms with Crippen LogP contribution in [-0.4, -0.2) is 37.1 Å². The molecule has 5 rings (SSSR count). The zero-order valence-electron chi connectivity index (χ0n) is 16.8. The van der Waals surface area contributed by atoms with Crippen LogP contribution in [0, 0.1) is 17.3 Å². The Morgan fingerprint density at radius 1 is 0.593 bits per heavy atom. The van der Waals surface area contributed by atoms with E-state index in [9.17, 15) is 0 Å². The molecule has 0 saturated heterocycles. The Balaban J connectivity index is 1.35. The molecule has 3 fully saturated rings. The maximum absolute atomic E-state index is 6.29. The van der Waals surface area contributed by atoms with Crippen LogP contribution in [0.5, 0.6) is 0 Å². The van der Waals surface area contributed by atoms with Gasteiger partial charge in [0.15, 0.2) is 11.8 Å². The van der Waals surface area contributed by atoms with Gasteiger partial charge in [-0.05, 0) is 50.4 Å². The number of ether oxygens (including phenoxy) is 2. The molecule has 0 radical (unpaired) electrons. The molecule has 150 valence electrons. The second kappa shape index (κ2) is 7.75. The first kappa shape index (κ1) is 18.0. The Morgan fingerprint density at radius 3 is 1.48 bits per heavy atom. The van der Waals surface area contributed by atoms with Gasteiger partial charge in [0.05, 0.1) is 12.1 Å². The van der Waals surface area contributed by atoms with E-state index >= 15 is 0 Å². The predicted molar refractivity (Wildman–Crippen MR) is 108 cm³/mol. The lowest BCUT2D eigenvalue weighted by Crippen LogP contribution is -2.37. The Morgan fingerprint density at radius 2 is 1.04 bits per heavy atom. The summed E-state index contributed by atoms with van der Waals surface area (Å²) in [5.74, 6) is 3.43. The lowest BCUT2D eigenvalue weighted by Gasteiger charge is -2.27. The van der Waals surface area contributed by atoms with Crippen molar-refractivity contribution in [2.45, 2.75) is 102 Å². The van der Waals surface area contributed by atoms with Crippen LogP contribution in [-0.2, 0) is 9.47 Å². The second-order valence-corrected chi connectivity index (χ2v) is 9.71. The predicted octanol–water partition coefficient (Wildman–Crippen LogP) is 5.30. The summed E-state index contributed by atoms with van der Waals surface area (Å²) in [7, 11) is 0. The van der Waals surface area contributed by atoms with Gasteiger partial charge in [-0.1, -0.05) is 51.4 Å². The summed E-state index contributed by atoms with van der Waals surface area (Å²) in [5, 5.41) is 0. The second-order valence-electron chi connectivity index (χ2n) is 9.71. The first-order chi connectivity index (χ1) is 13.4. The molecule has 0 aromatic heterocycles.